The van der Waals surface area contributed by atoms with Crippen LogP contribution < -0.4 is 0 Å². The first kappa shape index (κ1) is 21.8. The number of rotatable bonds is 3. The number of halogens is 1. The molecule has 35 heavy (non-hydrogen) atoms. The smallest absolute Gasteiger partial charge is 0.339 e. The van der Waals surface area contributed by atoms with E-state index in [2.05, 4.69) is 23.0 Å². The second-order valence-corrected chi connectivity index (χ2v) is 9.68. The summed E-state index contributed by atoms with van der Waals surface area (Å²) >= 11 is 0. The van der Waals surface area contributed by atoms with Crippen LogP contribution in [0.3, 0.4) is 0 Å². The minimum atomic E-state index is -1.21. The number of hydrogen-bond acceptors (Lipinski definition) is 4. The van der Waals surface area contributed by atoms with E-state index in [1.807, 2.05) is 16.9 Å². The molecule has 5 nitrogen and oxygen atoms in total. The third-order valence-electron chi connectivity index (χ3n) is 7.82. The van der Waals surface area contributed by atoms with Crippen molar-refractivity contribution in [1.29, 1.82) is 0 Å². The molecule has 0 spiro atoms. The van der Waals surface area contributed by atoms with E-state index in [9.17, 15) is 14.3 Å². The van der Waals surface area contributed by atoms with Gasteiger partial charge in [0.2, 0.25) is 0 Å². The molecule has 1 aromatic heterocycles. The van der Waals surface area contributed by atoms with Gasteiger partial charge in [0.1, 0.15) is 11.4 Å². The van der Waals surface area contributed by atoms with E-state index in [1.165, 1.54) is 24.8 Å². The maximum Gasteiger partial charge on any atom is 0.339 e. The molecular weight excluding hydrogens is 443 g/mol. The van der Waals surface area contributed by atoms with Crippen molar-refractivity contribution in [2.75, 3.05) is 7.11 Å². The first-order valence-corrected chi connectivity index (χ1v) is 11.9. The SMILES string of the molecule is COC(=O)c1ccccc1C#CC1(O)CCC2=Cc3c(cnn3-c3ccc(F)cc3)CC21C1CC1. The number of aromatic nitrogens is 2. The van der Waals surface area contributed by atoms with Crippen LogP contribution in [-0.4, -0.2) is 33.6 Å². The van der Waals surface area contributed by atoms with Gasteiger partial charge < -0.3 is 9.84 Å². The molecule has 0 amide bonds. The molecule has 1 N–H and O–H groups in total. The Morgan fingerprint density at radius 3 is 2.71 bits per heavy atom. The van der Waals surface area contributed by atoms with Crippen LogP contribution in [-0.2, 0) is 11.2 Å². The highest BCUT2D eigenvalue weighted by Gasteiger charge is 2.64. The standard InChI is InChI=1S/C29H25FN2O3/c1-35-27(33)25-5-3-2-4-19(25)12-14-28(34)15-13-22-16-26-20(17-29(22,28)21-6-7-21)18-31-32(26)24-10-8-23(30)9-11-24/h2-5,8-11,16,18,21,34H,6-7,13,15,17H2,1H3. The van der Waals surface area contributed by atoms with Gasteiger partial charge in [0.05, 0.1) is 30.3 Å². The maximum absolute atomic E-state index is 13.5. The second kappa shape index (κ2) is 7.93. The molecule has 2 unspecified atom stereocenters. The van der Waals surface area contributed by atoms with E-state index < -0.39 is 17.0 Å². The number of methoxy groups -OCH3 is 1. The van der Waals surface area contributed by atoms with Crippen LogP contribution in [0.4, 0.5) is 4.39 Å². The van der Waals surface area contributed by atoms with Gasteiger partial charge in [0.25, 0.3) is 0 Å². The van der Waals surface area contributed by atoms with Crippen molar-refractivity contribution in [1.82, 2.24) is 9.78 Å². The van der Waals surface area contributed by atoms with Crippen LogP contribution in [0.25, 0.3) is 11.8 Å². The largest absolute Gasteiger partial charge is 0.465 e. The predicted octanol–water partition coefficient (Wildman–Crippen LogP) is 4.71. The fourth-order valence-corrected chi connectivity index (χ4v) is 5.97. The Hall–Kier alpha value is -3.69. The topological polar surface area (TPSA) is 64.3 Å². The third kappa shape index (κ3) is 3.34. The van der Waals surface area contributed by atoms with E-state index in [4.69, 9.17) is 4.74 Å². The Bertz CT molecular complexity index is 1420. The summed E-state index contributed by atoms with van der Waals surface area (Å²) in [5.74, 6) is 5.97. The number of aliphatic hydroxyl groups is 1. The highest BCUT2D eigenvalue weighted by Crippen LogP contribution is 2.65. The van der Waals surface area contributed by atoms with Crippen molar-refractivity contribution in [3.8, 4) is 17.5 Å². The Morgan fingerprint density at radius 2 is 1.97 bits per heavy atom. The number of esters is 1. The molecule has 2 fully saturated rings. The number of nitrogens with zero attached hydrogens (tertiary/aromatic N) is 2. The van der Waals surface area contributed by atoms with Crippen LogP contribution in [0.1, 0.15) is 52.9 Å². The molecule has 2 aromatic carbocycles. The van der Waals surface area contributed by atoms with Crippen LogP contribution in [0.5, 0.6) is 0 Å². The summed E-state index contributed by atoms with van der Waals surface area (Å²) in [6, 6.07) is 13.4. The van der Waals surface area contributed by atoms with Crippen molar-refractivity contribution in [2.45, 2.75) is 37.7 Å². The molecule has 2 saturated carbocycles. The minimum absolute atomic E-state index is 0.283. The lowest BCUT2D eigenvalue weighted by molar-refractivity contribution is -0.00859. The number of ether oxygens (including phenoxy) is 1. The molecule has 3 aromatic rings. The number of carbonyl (C=O) groups excluding carboxylic acids is 1. The van der Waals surface area contributed by atoms with Gasteiger partial charge in [-0.15, -0.1) is 0 Å². The Morgan fingerprint density at radius 1 is 1.20 bits per heavy atom. The highest BCUT2D eigenvalue weighted by atomic mass is 19.1. The lowest BCUT2D eigenvalue weighted by Crippen LogP contribution is -2.48. The lowest BCUT2D eigenvalue weighted by Gasteiger charge is -2.43. The molecule has 3 aliphatic rings. The molecule has 0 radical (unpaired) electrons. The fourth-order valence-electron chi connectivity index (χ4n) is 5.97. The van der Waals surface area contributed by atoms with Gasteiger partial charge in [-0.3, -0.25) is 0 Å². The average Bonchev–Trinajstić information content (AvgIpc) is 3.60. The van der Waals surface area contributed by atoms with Crippen LogP contribution >= 0.6 is 0 Å². The van der Waals surface area contributed by atoms with Crippen molar-refractivity contribution in [2.24, 2.45) is 11.3 Å². The first-order valence-electron chi connectivity index (χ1n) is 11.9. The van der Waals surface area contributed by atoms with Gasteiger partial charge >= 0.3 is 5.97 Å². The van der Waals surface area contributed by atoms with Gasteiger partial charge in [0, 0.05) is 11.0 Å². The van der Waals surface area contributed by atoms with Crippen molar-refractivity contribution < 1.29 is 19.0 Å². The van der Waals surface area contributed by atoms with Crippen molar-refractivity contribution in [3.05, 3.63) is 88.5 Å². The van der Waals surface area contributed by atoms with E-state index in [0.29, 0.717) is 29.9 Å². The molecular formula is C29H25FN2O3. The Kier molecular flexibility index (Phi) is 4.94. The summed E-state index contributed by atoms with van der Waals surface area (Å²) in [5, 5.41) is 16.7. The Balaban J connectivity index is 1.42. The maximum atomic E-state index is 13.5. The number of benzene rings is 2. The summed E-state index contributed by atoms with van der Waals surface area (Å²) in [6.45, 7) is 0. The Labute approximate surface area is 203 Å². The highest BCUT2D eigenvalue weighted by molar-refractivity contribution is 5.92. The lowest BCUT2D eigenvalue weighted by atomic mass is 9.63. The molecule has 0 aliphatic heterocycles. The molecule has 3 aliphatic carbocycles. The van der Waals surface area contributed by atoms with Crippen molar-refractivity contribution >= 4 is 12.0 Å². The average molecular weight is 469 g/mol. The number of carbonyl (C=O) groups is 1. The zero-order chi connectivity index (χ0) is 24.2. The summed E-state index contributed by atoms with van der Waals surface area (Å²) < 4.78 is 20.2. The summed E-state index contributed by atoms with van der Waals surface area (Å²) in [7, 11) is 1.35. The molecule has 176 valence electrons. The normalized spacial score (nSPS) is 24.6. The zero-order valence-corrected chi connectivity index (χ0v) is 19.4. The van der Waals surface area contributed by atoms with E-state index in [0.717, 1.165) is 36.2 Å². The zero-order valence-electron chi connectivity index (χ0n) is 19.4. The fraction of sp³-hybridized carbons (Fsp3) is 0.310. The van der Waals surface area contributed by atoms with Crippen LogP contribution in [0, 0.1) is 29.0 Å². The molecule has 6 heteroatoms. The van der Waals surface area contributed by atoms with Gasteiger partial charge in [0.15, 0.2) is 0 Å². The number of hydrogen-bond donors (Lipinski definition) is 1. The minimum Gasteiger partial charge on any atom is -0.465 e. The van der Waals surface area contributed by atoms with Crippen molar-refractivity contribution in [3.63, 3.8) is 0 Å². The quantitative estimate of drug-likeness (QED) is 0.447. The third-order valence-corrected chi connectivity index (χ3v) is 7.82. The van der Waals surface area contributed by atoms with Crippen LogP contribution in [0.2, 0.25) is 0 Å². The molecule has 0 saturated heterocycles. The summed E-state index contributed by atoms with van der Waals surface area (Å²) in [6.07, 6.45) is 8.07. The van der Waals surface area contributed by atoms with Gasteiger partial charge in [-0.05, 0) is 86.1 Å². The molecule has 6 rings (SSSR count). The number of fused-ring (bicyclic) bond motifs is 2. The van der Waals surface area contributed by atoms with Crippen LogP contribution in [0.15, 0.2) is 60.3 Å². The first-order chi connectivity index (χ1) is 16.9. The van der Waals surface area contributed by atoms with Gasteiger partial charge in [-0.25, -0.2) is 13.9 Å². The molecule has 0 bridgehead atoms. The van der Waals surface area contributed by atoms with E-state index in [1.54, 1.807) is 30.3 Å². The molecule has 1 heterocycles. The predicted molar refractivity (Wildman–Crippen MR) is 129 cm³/mol. The van der Waals surface area contributed by atoms with Gasteiger partial charge in [-0.2, -0.15) is 5.10 Å². The van der Waals surface area contributed by atoms with E-state index >= 15 is 0 Å². The second-order valence-electron chi connectivity index (χ2n) is 9.68. The summed E-state index contributed by atoms with van der Waals surface area (Å²) in [5.41, 5.74) is 3.31. The summed E-state index contributed by atoms with van der Waals surface area (Å²) in [4.78, 5) is 12.2. The molecule has 2 atom stereocenters. The van der Waals surface area contributed by atoms with E-state index in [-0.39, 0.29) is 5.82 Å². The monoisotopic (exact) mass is 468 g/mol. The van der Waals surface area contributed by atoms with Gasteiger partial charge in [-0.1, -0.05) is 29.5 Å².